The minimum atomic E-state index is -0.171. The minimum absolute atomic E-state index is 0.171. The van der Waals surface area contributed by atoms with Gasteiger partial charge >= 0.3 is 0 Å². The van der Waals surface area contributed by atoms with Crippen molar-refractivity contribution >= 4 is 11.6 Å². The summed E-state index contributed by atoms with van der Waals surface area (Å²) in [5.74, 6) is 0.990. The molecule has 0 saturated carbocycles. The van der Waals surface area contributed by atoms with Crippen molar-refractivity contribution in [1.29, 1.82) is 0 Å². The van der Waals surface area contributed by atoms with Crippen LogP contribution < -0.4 is 10.6 Å². The van der Waals surface area contributed by atoms with E-state index in [2.05, 4.69) is 39.4 Å². The summed E-state index contributed by atoms with van der Waals surface area (Å²) in [5.41, 5.74) is 2.23. The van der Waals surface area contributed by atoms with Crippen molar-refractivity contribution in [2.24, 2.45) is 0 Å². The summed E-state index contributed by atoms with van der Waals surface area (Å²) >= 11 is 0. The number of amides is 1. The summed E-state index contributed by atoms with van der Waals surface area (Å²) < 4.78 is 0. The lowest BCUT2D eigenvalue weighted by atomic mass is 10.2. The van der Waals surface area contributed by atoms with Crippen LogP contribution in [0.1, 0.15) is 48.6 Å². The van der Waals surface area contributed by atoms with E-state index in [1.807, 2.05) is 25.4 Å². The summed E-state index contributed by atoms with van der Waals surface area (Å²) in [6.07, 6.45) is 5.26. The van der Waals surface area contributed by atoms with E-state index >= 15 is 0 Å². The third-order valence-corrected chi connectivity index (χ3v) is 3.07. The number of nitrogens with one attached hydrogen (secondary N) is 2. The molecule has 0 saturated heterocycles. The van der Waals surface area contributed by atoms with Crippen molar-refractivity contribution in [3.8, 4) is 0 Å². The minimum Gasteiger partial charge on any atom is -0.381 e. The van der Waals surface area contributed by atoms with Gasteiger partial charge in [0.25, 0.3) is 5.91 Å². The molecule has 6 nitrogen and oxygen atoms in total. The van der Waals surface area contributed by atoms with Gasteiger partial charge in [-0.3, -0.25) is 9.78 Å². The molecule has 0 bridgehead atoms. The second-order valence-electron chi connectivity index (χ2n) is 5.25. The Kier molecular flexibility index (Phi) is 5.41. The predicted molar refractivity (Wildman–Crippen MR) is 85.7 cm³/mol. The molecule has 116 valence electrons. The molecule has 2 aromatic heterocycles. The Morgan fingerprint density at radius 2 is 1.95 bits per heavy atom. The second-order valence-corrected chi connectivity index (χ2v) is 5.25. The van der Waals surface area contributed by atoms with E-state index in [4.69, 9.17) is 0 Å². The lowest BCUT2D eigenvalue weighted by Gasteiger charge is -2.09. The van der Waals surface area contributed by atoms with Crippen LogP contribution in [0.3, 0.4) is 0 Å². The zero-order chi connectivity index (χ0) is 15.9. The van der Waals surface area contributed by atoms with Crippen LogP contribution in [0, 0.1) is 0 Å². The van der Waals surface area contributed by atoms with Gasteiger partial charge in [0, 0.05) is 48.8 Å². The Bertz CT molecular complexity index is 625. The predicted octanol–water partition coefficient (Wildman–Crippen LogP) is 2.36. The largest absolute Gasteiger partial charge is 0.381 e. The van der Waals surface area contributed by atoms with Crippen molar-refractivity contribution in [3.05, 3.63) is 47.8 Å². The maximum atomic E-state index is 11.8. The molecule has 0 atom stereocenters. The molecule has 1 amide bonds. The molecule has 0 spiro atoms. The van der Waals surface area contributed by atoms with Gasteiger partial charge in [0.15, 0.2) is 0 Å². The van der Waals surface area contributed by atoms with E-state index in [0.29, 0.717) is 24.7 Å². The van der Waals surface area contributed by atoms with E-state index < -0.39 is 0 Å². The van der Waals surface area contributed by atoms with E-state index in [1.165, 1.54) is 0 Å². The number of carbonyl (C=O) groups is 1. The fraction of sp³-hybridized carbons (Fsp3) is 0.375. The molecule has 0 aliphatic carbocycles. The van der Waals surface area contributed by atoms with Gasteiger partial charge in [-0.15, -0.1) is 0 Å². The quantitative estimate of drug-likeness (QED) is 0.856. The van der Waals surface area contributed by atoms with E-state index in [-0.39, 0.29) is 5.91 Å². The molecule has 0 unspecified atom stereocenters. The second kappa shape index (κ2) is 7.49. The Morgan fingerprint density at radius 1 is 1.23 bits per heavy atom. The Balaban J connectivity index is 1.99. The first-order chi connectivity index (χ1) is 10.6. The van der Waals surface area contributed by atoms with Gasteiger partial charge in [-0.2, -0.15) is 0 Å². The number of hydrogen-bond acceptors (Lipinski definition) is 5. The Morgan fingerprint density at radius 3 is 2.59 bits per heavy atom. The van der Waals surface area contributed by atoms with Crippen molar-refractivity contribution in [2.45, 2.75) is 33.2 Å². The number of pyridine rings is 1. The summed E-state index contributed by atoms with van der Waals surface area (Å²) in [6, 6.07) is 3.56. The van der Waals surface area contributed by atoms with Crippen LogP contribution in [0.5, 0.6) is 0 Å². The average molecular weight is 299 g/mol. The SMILES string of the molecule is CCNC(=O)c1cc(NCc2cnc(C(C)C)nc2)ccn1. The molecule has 2 rings (SSSR count). The van der Waals surface area contributed by atoms with Gasteiger partial charge in [-0.05, 0) is 19.1 Å². The van der Waals surface area contributed by atoms with Crippen LogP contribution in [0.15, 0.2) is 30.7 Å². The van der Waals surface area contributed by atoms with Gasteiger partial charge in [0.05, 0.1) is 0 Å². The molecule has 0 aliphatic heterocycles. The van der Waals surface area contributed by atoms with Crippen molar-refractivity contribution in [3.63, 3.8) is 0 Å². The molecular weight excluding hydrogens is 278 g/mol. The standard InChI is InChI=1S/C16H21N5O/c1-4-17-16(22)14-7-13(5-6-18-14)19-8-12-9-20-15(11(2)3)21-10-12/h5-7,9-11H,4,8H2,1-3H3,(H,17,22)(H,18,19). The van der Waals surface area contributed by atoms with Crippen LogP contribution >= 0.6 is 0 Å². The summed E-state index contributed by atoms with van der Waals surface area (Å²) in [5, 5.41) is 5.98. The number of anilines is 1. The Hall–Kier alpha value is -2.50. The zero-order valence-corrected chi connectivity index (χ0v) is 13.1. The molecular formula is C16H21N5O. The average Bonchev–Trinajstić information content (AvgIpc) is 2.54. The third kappa shape index (κ3) is 4.25. The van der Waals surface area contributed by atoms with Gasteiger partial charge in [-0.25, -0.2) is 9.97 Å². The van der Waals surface area contributed by atoms with Crippen LogP contribution in [0.2, 0.25) is 0 Å². The smallest absolute Gasteiger partial charge is 0.269 e. The first kappa shape index (κ1) is 15.9. The number of aromatic nitrogens is 3. The number of carbonyl (C=O) groups excluding carboxylic acids is 1. The van der Waals surface area contributed by atoms with Crippen LogP contribution in [-0.2, 0) is 6.54 Å². The number of hydrogen-bond donors (Lipinski definition) is 2. The highest BCUT2D eigenvalue weighted by Crippen LogP contribution is 2.11. The van der Waals surface area contributed by atoms with Gasteiger partial charge < -0.3 is 10.6 Å². The van der Waals surface area contributed by atoms with E-state index in [0.717, 1.165) is 17.1 Å². The van der Waals surface area contributed by atoms with Crippen LogP contribution in [0.4, 0.5) is 5.69 Å². The maximum absolute atomic E-state index is 11.8. The van der Waals surface area contributed by atoms with Gasteiger partial charge in [0.1, 0.15) is 11.5 Å². The lowest BCUT2D eigenvalue weighted by Crippen LogP contribution is -2.23. The molecule has 6 heteroatoms. The highest BCUT2D eigenvalue weighted by atomic mass is 16.1. The normalized spacial score (nSPS) is 10.5. The molecule has 2 heterocycles. The fourth-order valence-electron chi connectivity index (χ4n) is 1.87. The molecule has 0 radical (unpaired) electrons. The highest BCUT2D eigenvalue weighted by molar-refractivity contribution is 5.93. The van der Waals surface area contributed by atoms with E-state index in [1.54, 1.807) is 12.3 Å². The number of rotatable bonds is 6. The van der Waals surface area contributed by atoms with Crippen molar-refractivity contribution in [2.75, 3.05) is 11.9 Å². The van der Waals surface area contributed by atoms with Crippen LogP contribution in [-0.4, -0.2) is 27.4 Å². The molecule has 0 aliphatic rings. The lowest BCUT2D eigenvalue weighted by molar-refractivity contribution is 0.0951. The Labute approximate surface area is 130 Å². The summed E-state index contributed by atoms with van der Waals surface area (Å²) in [7, 11) is 0. The molecule has 0 aromatic carbocycles. The molecule has 2 N–H and O–H groups in total. The van der Waals surface area contributed by atoms with E-state index in [9.17, 15) is 4.79 Å². The highest BCUT2D eigenvalue weighted by Gasteiger charge is 2.07. The van der Waals surface area contributed by atoms with Gasteiger partial charge in [-0.1, -0.05) is 13.8 Å². The van der Waals surface area contributed by atoms with Crippen molar-refractivity contribution in [1.82, 2.24) is 20.3 Å². The van der Waals surface area contributed by atoms with Crippen LogP contribution in [0.25, 0.3) is 0 Å². The fourth-order valence-corrected chi connectivity index (χ4v) is 1.87. The zero-order valence-electron chi connectivity index (χ0n) is 13.1. The van der Waals surface area contributed by atoms with Gasteiger partial charge in [0.2, 0.25) is 0 Å². The summed E-state index contributed by atoms with van der Waals surface area (Å²) in [6.45, 7) is 7.18. The topological polar surface area (TPSA) is 79.8 Å². The molecule has 22 heavy (non-hydrogen) atoms. The first-order valence-corrected chi connectivity index (χ1v) is 7.39. The monoisotopic (exact) mass is 299 g/mol. The maximum Gasteiger partial charge on any atom is 0.269 e. The molecule has 0 fully saturated rings. The third-order valence-electron chi connectivity index (χ3n) is 3.07. The molecule has 2 aromatic rings. The number of nitrogens with zero attached hydrogens (tertiary/aromatic N) is 3. The first-order valence-electron chi connectivity index (χ1n) is 7.39. The summed E-state index contributed by atoms with van der Waals surface area (Å²) in [4.78, 5) is 24.5. The van der Waals surface area contributed by atoms with Crippen molar-refractivity contribution < 1.29 is 4.79 Å².